The fourth-order valence-corrected chi connectivity index (χ4v) is 4.54. The summed E-state index contributed by atoms with van der Waals surface area (Å²) in [6.45, 7) is 0.340. The molecule has 0 heterocycles. The van der Waals surface area contributed by atoms with E-state index in [1.165, 1.54) is 9.80 Å². The number of para-hydroxylation sites is 2. The molecular formula is C32H33N2O7P. The number of ether oxygens (including phenoxy) is 2. The minimum absolute atomic E-state index is 0.0470. The molecule has 0 unspecified atom stereocenters. The third-order valence-electron chi connectivity index (χ3n) is 6.06. The predicted octanol–water partition coefficient (Wildman–Crippen LogP) is 7.10. The maximum absolute atomic E-state index is 12.9. The minimum Gasteiger partial charge on any atom is -0.444 e. The molecule has 0 radical (unpaired) electrons. The lowest BCUT2D eigenvalue weighted by Gasteiger charge is -2.23. The molecule has 42 heavy (non-hydrogen) atoms. The molecule has 0 saturated carbocycles. The van der Waals surface area contributed by atoms with Gasteiger partial charge >= 0.3 is 20.4 Å². The van der Waals surface area contributed by atoms with E-state index in [0.29, 0.717) is 11.4 Å². The lowest BCUT2D eigenvalue weighted by Crippen LogP contribution is -2.34. The zero-order valence-corrected chi connectivity index (χ0v) is 24.0. The first kappa shape index (κ1) is 30.5. The van der Waals surface area contributed by atoms with Crippen LogP contribution in [-0.2, 0) is 36.3 Å². The van der Waals surface area contributed by atoms with Crippen molar-refractivity contribution >= 4 is 31.8 Å². The minimum atomic E-state index is -2.91. The number of rotatable bonds is 14. The Hall–Kier alpha value is -4.43. The first-order chi connectivity index (χ1) is 20.6. The van der Waals surface area contributed by atoms with Crippen LogP contribution >= 0.6 is 8.25 Å². The van der Waals surface area contributed by atoms with Gasteiger partial charge in [0.25, 0.3) is 0 Å². The summed E-state index contributed by atoms with van der Waals surface area (Å²) in [4.78, 5) is 28.6. The molecule has 0 aliphatic heterocycles. The third-order valence-corrected chi connectivity index (χ3v) is 6.94. The van der Waals surface area contributed by atoms with E-state index >= 15 is 0 Å². The van der Waals surface area contributed by atoms with Crippen LogP contribution in [0.2, 0.25) is 0 Å². The van der Waals surface area contributed by atoms with Crippen LogP contribution < -0.4 is 9.80 Å². The number of amides is 2. The van der Waals surface area contributed by atoms with Crippen LogP contribution in [0.5, 0.6) is 0 Å². The van der Waals surface area contributed by atoms with E-state index in [9.17, 15) is 14.2 Å². The van der Waals surface area contributed by atoms with E-state index in [1.54, 1.807) is 24.3 Å². The van der Waals surface area contributed by atoms with Crippen molar-refractivity contribution in [3.63, 3.8) is 0 Å². The Morgan fingerprint density at radius 1 is 0.524 bits per heavy atom. The summed E-state index contributed by atoms with van der Waals surface area (Å²) < 4.78 is 34.3. The maximum Gasteiger partial charge on any atom is 0.414 e. The Kier molecular flexibility index (Phi) is 12.2. The molecule has 0 aromatic heterocycles. The van der Waals surface area contributed by atoms with Gasteiger partial charge in [-0.05, 0) is 35.4 Å². The van der Waals surface area contributed by atoms with Crippen molar-refractivity contribution in [2.24, 2.45) is 0 Å². The van der Waals surface area contributed by atoms with E-state index < -0.39 is 20.4 Å². The third kappa shape index (κ3) is 9.89. The SMILES string of the molecule is O=C(OCc1ccccc1)N(CCO[PH](=O)OCCN(C(=O)OCc1ccccc1)c1ccccc1)c1ccccc1. The zero-order valence-electron chi connectivity index (χ0n) is 23.0. The summed E-state index contributed by atoms with van der Waals surface area (Å²) >= 11 is 0. The molecule has 4 aromatic carbocycles. The number of nitrogens with zero attached hydrogens (tertiary/aromatic N) is 2. The second kappa shape index (κ2) is 16.7. The van der Waals surface area contributed by atoms with Crippen molar-refractivity contribution in [1.82, 2.24) is 0 Å². The van der Waals surface area contributed by atoms with Crippen LogP contribution in [0.25, 0.3) is 0 Å². The Balaban J connectivity index is 1.26. The van der Waals surface area contributed by atoms with Crippen LogP contribution in [0.1, 0.15) is 11.1 Å². The summed E-state index contributed by atoms with van der Waals surface area (Å²) in [6.07, 6.45) is -1.11. The highest BCUT2D eigenvalue weighted by Crippen LogP contribution is 2.25. The number of hydrogen-bond acceptors (Lipinski definition) is 7. The Morgan fingerprint density at radius 2 is 0.857 bits per heavy atom. The van der Waals surface area contributed by atoms with Gasteiger partial charge in [-0.25, -0.2) is 9.59 Å². The van der Waals surface area contributed by atoms with Gasteiger partial charge in [-0.1, -0.05) is 97.1 Å². The first-order valence-corrected chi connectivity index (χ1v) is 14.7. The molecule has 0 bridgehead atoms. The van der Waals surface area contributed by atoms with Crippen molar-refractivity contribution in [1.29, 1.82) is 0 Å². The Labute approximate surface area is 246 Å². The van der Waals surface area contributed by atoms with E-state index in [1.807, 2.05) is 97.1 Å². The quantitative estimate of drug-likeness (QED) is 0.145. The summed E-state index contributed by atoms with van der Waals surface area (Å²) in [5.41, 5.74) is 2.96. The number of benzene rings is 4. The molecule has 0 aliphatic rings. The van der Waals surface area contributed by atoms with Gasteiger partial charge in [0, 0.05) is 11.4 Å². The fraction of sp³-hybridized carbons (Fsp3) is 0.188. The molecule has 10 heteroatoms. The summed E-state index contributed by atoms with van der Waals surface area (Å²) in [6, 6.07) is 36.8. The van der Waals surface area contributed by atoms with E-state index in [2.05, 4.69) is 0 Å². The maximum atomic E-state index is 12.9. The van der Waals surface area contributed by atoms with Crippen molar-refractivity contribution in [3.8, 4) is 0 Å². The van der Waals surface area contributed by atoms with Crippen LogP contribution in [-0.4, -0.2) is 38.5 Å². The van der Waals surface area contributed by atoms with Crippen LogP contribution in [0.15, 0.2) is 121 Å². The van der Waals surface area contributed by atoms with Gasteiger partial charge in [0.05, 0.1) is 26.3 Å². The highest BCUT2D eigenvalue weighted by molar-refractivity contribution is 7.33. The van der Waals surface area contributed by atoms with Gasteiger partial charge in [-0.15, -0.1) is 0 Å². The second-order valence-corrected chi connectivity index (χ2v) is 10.1. The van der Waals surface area contributed by atoms with E-state index in [0.717, 1.165) is 11.1 Å². The highest BCUT2D eigenvalue weighted by Gasteiger charge is 2.19. The number of carbonyl (C=O) groups is 2. The normalized spacial score (nSPS) is 10.7. The van der Waals surface area contributed by atoms with Gasteiger partial charge in [-0.3, -0.25) is 14.4 Å². The summed E-state index contributed by atoms with van der Waals surface area (Å²) in [5.74, 6) is 0. The molecule has 9 nitrogen and oxygen atoms in total. The molecule has 0 aliphatic carbocycles. The average molecular weight is 589 g/mol. The van der Waals surface area contributed by atoms with E-state index in [-0.39, 0.29) is 39.5 Å². The summed E-state index contributed by atoms with van der Waals surface area (Å²) in [7, 11) is -2.91. The molecule has 0 atom stereocenters. The number of carbonyl (C=O) groups excluding carboxylic acids is 2. The lowest BCUT2D eigenvalue weighted by molar-refractivity contribution is 0.144. The first-order valence-electron chi connectivity index (χ1n) is 13.5. The second-order valence-electron chi connectivity index (χ2n) is 9.00. The van der Waals surface area contributed by atoms with Gasteiger partial charge in [0.15, 0.2) is 0 Å². The van der Waals surface area contributed by atoms with Crippen LogP contribution in [0.3, 0.4) is 0 Å². The van der Waals surface area contributed by atoms with Gasteiger partial charge in [-0.2, -0.15) is 0 Å². The largest absolute Gasteiger partial charge is 0.444 e. The van der Waals surface area contributed by atoms with Crippen LogP contribution in [0, 0.1) is 0 Å². The Bertz CT molecular complexity index is 1290. The van der Waals surface area contributed by atoms with Crippen molar-refractivity contribution in [2.75, 3.05) is 36.1 Å². The van der Waals surface area contributed by atoms with Crippen molar-refractivity contribution < 1.29 is 32.7 Å². The van der Waals surface area contributed by atoms with Gasteiger partial charge < -0.3 is 18.5 Å². The summed E-state index contributed by atoms with van der Waals surface area (Å²) in [5, 5.41) is 0. The highest BCUT2D eigenvalue weighted by atomic mass is 31.1. The molecule has 218 valence electrons. The fourth-order valence-electron chi connectivity index (χ4n) is 3.94. The molecule has 0 N–H and O–H groups in total. The molecule has 2 amide bonds. The number of anilines is 2. The average Bonchev–Trinajstić information content (AvgIpc) is 3.04. The molecule has 0 spiro atoms. The van der Waals surface area contributed by atoms with E-state index in [4.69, 9.17) is 18.5 Å². The zero-order chi connectivity index (χ0) is 29.4. The van der Waals surface area contributed by atoms with Crippen LogP contribution in [0.4, 0.5) is 21.0 Å². The standard InChI is InChI=1S/C32H33N2O7P/c35-31(38-25-27-13-5-1-6-14-27)33(29-17-9-3-10-18-29)21-23-40-42(37)41-24-22-34(30-19-11-4-12-20-30)32(36)39-26-28-15-7-2-8-16-28/h1-20,42H,21-26H2. The predicted molar refractivity (Wildman–Crippen MR) is 162 cm³/mol. The van der Waals surface area contributed by atoms with Gasteiger partial charge in [0.2, 0.25) is 0 Å². The molecule has 4 aromatic rings. The van der Waals surface area contributed by atoms with Crippen molar-refractivity contribution in [2.45, 2.75) is 13.2 Å². The monoisotopic (exact) mass is 588 g/mol. The Morgan fingerprint density at radius 3 is 1.21 bits per heavy atom. The topological polar surface area (TPSA) is 94.6 Å². The van der Waals surface area contributed by atoms with Crippen molar-refractivity contribution in [3.05, 3.63) is 132 Å². The molecular weight excluding hydrogens is 555 g/mol. The molecule has 0 fully saturated rings. The molecule has 4 rings (SSSR count). The smallest absolute Gasteiger partial charge is 0.414 e. The molecule has 0 saturated heterocycles. The number of hydrogen-bond donors (Lipinski definition) is 0. The van der Waals surface area contributed by atoms with Gasteiger partial charge in [0.1, 0.15) is 13.2 Å². The lowest BCUT2D eigenvalue weighted by atomic mass is 10.2.